The van der Waals surface area contributed by atoms with Crippen LogP contribution in [-0.4, -0.2) is 48.5 Å². The summed E-state index contributed by atoms with van der Waals surface area (Å²) in [5.74, 6) is -0.847. The highest BCUT2D eigenvalue weighted by Gasteiger charge is 2.33. The monoisotopic (exact) mass is 395 g/mol. The van der Waals surface area contributed by atoms with E-state index in [1.165, 1.54) is 0 Å². The van der Waals surface area contributed by atoms with Crippen LogP contribution in [0.1, 0.15) is 12.0 Å². The number of halogens is 2. The standard InChI is InChI=1S/C13H15BrClNO4S/c14-12-2-1-10(15)5-9(12)6-16(7-13(17)18)11-3-4-21(19,20)8-11/h1-2,5,11H,3-4,6-8H2,(H,17,18). The highest BCUT2D eigenvalue weighted by Crippen LogP contribution is 2.25. The molecule has 1 N–H and O–H groups in total. The lowest BCUT2D eigenvalue weighted by Gasteiger charge is -2.26. The predicted molar refractivity (Wildman–Crippen MR) is 84.3 cm³/mol. The summed E-state index contributed by atoms with van der Waals surface area (Å²) >= 11 is 9.36. The molecule has 1 aliphatic heterocycles. The summed E-state index contributed by atoms with van der Waals surface area (Å²) < 4.78 is 24.0. The maximum Gasteiger partial charge on any atom is 0.317 e. The van der Waals surface area contributed by atoms with Crippen LogP contribution in [0.4, 0.5) is 0 Å². The number of hydrogen-bond donors (Lipinski definition) is 1. The number of sulfone groups is 1. The Kier molecular flexibility index (Phi) is 5.29. The molecule has 0 bridgehead atoms. The zero-order chi connectivity index (χ0) is 15.6. The number of hydrogen-bond acceptors (Lipinski definition) is 4. The van der Waals surface area contributed by atoms with Crippen molar-refractivity contribution in [3.05, 3.63) is 33.3 Å². The average molecular weight is 397 g/mol. The van der Waals surface area contributed by atoms with Gasteiger partial charge in [0.1, 0.15) is 0 Å². The smallest absolute Gasteiger partial charge is 0.317 e. The van der Waals surface area contributed by atoms with Gasteiger partial charge in [-0.1, -0.05) is 27.5 Å². The third-order valence-electron chi connectivity index (χ3n) is 3.44. The third kappa shape index (κ3) is 4.67. The highest BCUT2D eigenvalue weighted by atomic mass is 79.9. The molecule has 2 rings (SSSR count). The van der Waals surface area contributed by atoms with E-state index in [0.717, 1.165) is 10.0 Å². The van der Waals surface area contributed by atoms with Crippen molar-refractivity contribution in [1.29, 1.82) is 0 Å². The van der Waals surface area contributed by atoms with E-state index in [1.807, 2.05) is 0 Å². The first-order valence-electron chi connectivity index (χ1n) is 6.37. The zero-order valence-electron chi connectivity index (χ0n) is 11.1. The lowest BCUT2D eigenvalue weighted by molar-refractivity contribution is -0.139. The second-order valence-corrected chi connectivity index (χ2v) is 8.61. The SMILES string of the molecule is O=C(O)CN(Cc1cc(Cl)ccc1Br)C1CCS(=O)(=O)C1. The maximum absolute atomic E-state index is 11.6. The molecule has 1 saturated heterocycles. The van der Waals surface area contributed by atoms with Gasteiger partial charge in [0.15, 0.2) is 9.84 Å². The van der Waals surface area contributed by atoms with Crippen molar-refractivity contribution >= 4 is 43.3 Å². The molecule has 0 aromatic heterocycles. The van der Waals surface area contributed by atoms with Crippen LogP contribution in [0.5, 0.6) is 0 Å². The molecule has 8 heteroatoms. The van der Waals surface area contributed by atoms with Gasteiger partial charge in [0, 0.05) is 22.1 Å². The van der Waals surface area contributed by atoms with Crippen molar-refractivity contribution in [3.8, 4) is 0 Å². The van der Waals surface area contributed by atoms with E-state index in [0.29, 0.717) is 18.0 Å². The van der Waals surface area contributed by atoms with E-state index in [2.05, 4.69) is 15.9 Å². The lowest BCUT2D eigenvalue weighted by atomic mass is 10.1. The molecule has 1 aromatic rings. The molecule has 116 valence electrons. The summed E-state index contributed by atoms with van der Waals surface area (Å²) in [5, 5.41) is 9.61. The Labute approximate surface area is 136 Å². The van der Waals surface area contributed by atoms with Crippen molar-refractivity contribution < 1.29 is 18.3 Å². The van der Waals surface area contributed by atoms with E-state index >= 15 is 0 Å². The van der Waals surface area contributed by atoms with Gasteiger partial charge in [0.25, 0.3) is 0 Å². The fraction of sp³-hybridized carbons (Fsp3) is 0.462. The van der Waals surface area contributed by atoms with E-state index in [9.17, 15) is 13.2 Å². The first kappa shape index (κ1) is 16.7. The molecule has 21 heavy (non-hydrogen) atoms. The summed E-state index contributed by atoms with van der Waals surface area (Å²) in [7, 11) is -3.06. The minimum Gasteiger partial charge on any atom is -0.480 e. The number of carbonyl (C=O) groups is 1. The molecule has 0 radical (unpaired) electrons. The van der Waals surface area contributed by atoms with Crippen LogP contribution >= 0.6 is 27.5 Å². The molecule has 0 saturated carbocycles. The van der Waals surface area contributed by atoms with E-state index < -0.39 is 15.8 Å². The molecule has 1 atom stereocenters. The van der Waals surface area contributed by atoms with Crippen LogP contribution in [0.3, 0.4) is 0 Å². The van der Waals surface area contributed by atoms with Gasteiger partial charge in [0.05, 0.1) is 18.1 Å². The first-order valence-corrected chi connectivity index (χ1v) is 9.36. The highest BCUT2D eigenvalue weighted by molar-refractivity contribution is 9.10. The molecule has 1 aromatic carbocycles. The van der Waals surface area contributed by atoms with E-state index in [-0.39, 0.29) is 24.1 Å². The Morgan fingerprint density at radius 2 is 2.19 bits per heavy atom. The van der Waals surface area contributed by atoms with Crippen LogP contribution in [0.25, 0.3) is 0 Å². The zero-order valence-corrected chi connectivity index (χ0v) is 14.3. The molecular formula is C13H15BrClNO4S. The second-order valence-electron chi connectivity index (χ2n) is 5.09. The van der Waals surface area contributed by atoms with Crippen LogP contribution < -0.4 is 0 Å². The van der Waals surface area contributed by atoms with Gasteiger partial charge < -0.3 is 5.11 Å². The lowest BCUT2D eigenvalue weighted by Crippen LogP contribution is -2.39. The number of carboxylic acid groups (broad SMARTS) is 1. The third-order valence-corrected chi connectivity index (χ3v) is 6.20. The van der Waals surface area contributed by atoms with Gasteiger partial charge in [-0.3, -0.25) is 9.69 Å². The van der Waals surface area contributed by atoms with Gasteiger partial charge in [0.2, 0.25) is 0 Å². The Morgan fingerprint density at radius 3 is 2.76 bits per heavy atom. The number of nitrogens with zero attached hydrogens (tertiary/aromatic N) is 1. The normalized spacial score (nSPS) is 20.8. The van der Waals surface area contributed by atoms with E-state index in [1.54, 1.807) is 23.1 Å². The molecule has 1 heterocycles. The van der Waals surface area contributed by atoms with Gasteiger partial charge >= 0.3 is 5.97 Å². The van der Waals surface area contributed by atoms with Crippen molar-refractivity contribution in [2.24, 2.45) is 0 Å². The summed E-state index contributed by atoms with van der Waals surface area (Å²) in [6, 6.07) is 5.01. The molecule has 0 aliphatic carbocycles. The minimum atomic E-state index is -3.06. The topological polar surface area (TPSA) is 74.7 Å². The Hall–Kier alpha value is -0.630. The Bertz CT molecular complexity index is 650. The molecule has 1 unspecified atom stereocenters. The van der Waals surface area contributed by atoms with Crippen molar-refractivity contribution in [2.75, 3.05) is 18.1 Å². The summed E-state index contributed by atoms with van der Waals surface area (Å²) in [5.41, 5.74) is 0.841. The Balaban J connectivity index is 2.20. The summed E-state index contributed by atoms with van der Waals surface area (Å²) in [6.07, 6.45) is 0.466. The molecule has 1 aliphatic rings. The summed E-state index contributed by atoms with van der Waals surface area (Å²) in [4.78, 5) is 12.7. The van der Waals surface area contributed by atoms with Crippen LogP contribution in [0.2, 0.25) is 5.02 Å². The van der Waals surface area contributed by atoms with Crippen molar-refractivity contribution in [3.63, 3.8) is 0 Å². The average Bonchev–Trinajstić information content (AvgIpc) is 2.73. The van der Waals surface area contributed by atoms with Crippen LogP contribution in [-0.2, 0) is 21.2 Å². The number of aliphatic carboxylic acids is 1. The van der Waals surface area contributed by atoms with Gasteiger partial charge in [-0.05, 0) is 30.2 Å². The van der Waals surface area contributed by atoms with Gasteiger partial charge in [-0.25, -0.2) is 8.42 Å². The summed E-state index contributed by atoms with van der Waals surface area (Å²) in [6.45, 7) is 0.146. The first-order chi connectivity index (χ1) is 9.77. The second kappa shape index (κ2) is 6.64. The Morgan fingerprint density at radius 1 is 1.48 bits per heavy atom. The number of carboxylic acids is 1. The van der Waals surface area contributed by atoms with E-state index in [4.69, 9.17) is 16.7 Å². The van der Waals surface area contributed by atoms with Crippen molar-refractivity contribution in [2.45, 2.75) is 19.0 Å². The largest absolute Gasteiger partial charge is 0.480 e. The fourth-order valence-electron chi connectivity index (χ4n) is 2.43. The fourth-order valence-corrected chi connectivity index (χ4v) is 4.76. The molecular weight excluding hydrogens is 382 g/mol. The quantitative estimate of drug-likeness (QED) is 0.825. The van der Waals surface area contributed by atoms with Gasteiger partial charge in [-0.2, -0.15) is 0 Å². The minimum absolute atomic E-state index is 0.0124. The van der Waals surface area contributed by atoms with Crippen molar-refractivity contribution in [1.82, 2.24) is 4.90 Å². The molecule has 1 fully saturated rings. The molecule has 0 amide bonds. The van der Waals surface area contributed by atoms with Gasteiger partial charge in [-0.15, -0.1) is 0 Å². The number of rotatable bonds is 5. The van der Waals surface area contributed by atoms with Crippen LogP contribution in [0, 0.1) is 0 Å². The number of benzene rings is 1. The molecule has 5 nitrogen and oxygen atoms in total. The van der Waals surface area contributed by atoms with Crippen LogP contribution in [0.15, 0.2) is 22.7 Å². The molecule has 0 spiro atoms. The predicted octanol–water partition coefficient (Wildman–Crippen LogP) is 2.18. The maximum atomic E-state index is 11.6.